The monoisotopic (exact) mass is 466 g/mol. The van der Waals surface area contributed by atoms with Gasteiger partial charge in [-0.15, -0.1) is 0 Å². The number of likely N-dealkylation sites (N-methyl/N-ethyl adjacent to an activating group) is 1. The predicted molar refractivity (Wildman–Crippen MR) is 141 cm³/mol. The molecule has 3 aliphatic rings. The molecule has 0 atom stereocenters. The van der Waals surface area contributed by atoms with Crippen LogP contribution in [0.4, 0.5) is 11.6 Å². The second kappa shape index (κ2) is 8.74. The minimum atomic E-state index is 0.592. The van der Waals surface area contributed by atoms with Crippen LogP contribution in [-0.4, -0.2) is 48.1 Å². The van der Waals surface area contributed by atoms with Gasteiger partial charge in [-0.3, -0.25) is 0 Å². The molecule has 3 N–H and O–H groups in total. The maximum Gasteiger partial charge on any atom is 0.130 e. The van der Waals surface area contributed by atoms with Gasteiger partial charge in [-0.25, -0.2) is 9.97 Å². The van der Waals surface area contributed by atoms with Gasteiger partial charge in [0.25, 0.3) is 0 Å². The summed E-state index contributed by atoms with van der Waals surface area (Å²) in [4.78, 5) is 14.0. The van der Waals surface area contributed by atoms with Crippen LogP contribution in [0.15, 0.2) is 72.4 Å². The first-order chi connectivity index (χ1) is 17.0. The Morgan fingerprint density at radius 3 is 2.69 bits per heavy atom. The van der Waals surface area contributed by atoms with Gasteiger partial charge >= 0.3 is 0 Å². The first-order valence-corrected chi connectivity index (χ1v) is 12.1. The largest absolute Gasteiger partial charge is 0.463 e. The fraction of sp³-hybridized carbons (Fsp3) is 0.286. The van der Waals surface area contributed by atoms with Gasteiger partial charge < -0.3 is 25.6 Å². The van der Waals surface area contributed by atoms with Crippen LogP contribution < -0.4 is 16.0 Å². The summed E-state index contributed by atoms with van der Waals surface area (Å²) in [7, 11) is 4.27. The van der Waals surface area contributed by atoms with Crippen molar-refractivity contribution in [2.45, 2.75) is 25.3 Å². The second-order valence-electron chi connectivity index (χ2n) is 9.74. The number of aromatic nitrogens is 2. The lowest BCUT2D eigenvalue weighted by molar-refractivity contribution is 0.246. The highest BCUT2D eigenvalue weighted by molar-refractivity contribution is 5.89. The number of hydrogen-bond acceptors (Lipinski definition) is 7. The molecule has 0 spiro atoms. The van der Waals surface area contributed by atoms with Crippen LogP contribution in [0.5, 0.6) is 0 Å². The van der Waals surface area contributed by atoms with Crippen LogP contribution in [0, 0.1) is 0 Å². The zero-order chi connectivity index (χ0) is 23.9. The number of hydrogen-bond donors (Lipinski definition) is 2. The molecule has 4 heterocycles. The molecule has 35 heavy (non-hydrogen) atoms. The van der Waals surface area contributed by atoms with Gasteiger partial charge in [-0.1, -0.05) is 12.1 Å². The minimum Gasteiger partial charge on any atom is -0.463 e. The highest BCUT2D eigenvalue weighted by Crippen LogP contribution is 2.38. The number of pyridine rings is 2. The zero-order valence-corrected chi connectivity index (χ0v) is 20.2. The van der Waals surface area contributed by atoms with E-state index in [-0.39, 0.29) is 0 Å². The third kappa shape index (κ3) is 4.47. The molecule has 6 rings (SSSR count). The van der Waals surface area contributed by atoms with E-state index in [1.54, 1.807) is 6.26 Å². The molecule has 1 aromatic carbocycles. The van der Waals surface area contributed by atoms with E-state index in [0.717, 1.165) is 76.6 Å². The molecule has 7 heteroatoms. The third-order valence-corrected chi connectivity index (χ3v) is 6.92. The lowest BCUT2D eigenvalue weighted by atomic mass is 10.1. The minimum absolute atomic E-state index is 0.592. The number of allylic oxidation sites excluding steroid dienone is 2. The first-order valence-electron chi connectivity index (χ1n) is 12.1. The molecule has 0 amide bonds. The van der Waals surface area contributed by atoms with Gasteiger partial charge in [0.2, 0.25) is 0 Å². The molecular formula is C28H30N6O. The highest BCUT2D eigenvalue weighted by Gasteiger charge is 2.29. The zero-order valence-electron chi connectivity index (χ0n) is 20.2. The van der Waals surface area contributed by atoms with Crippen LogP contribution in [0.1, 0.15) is 30.4 Å². The smallest absolute Gasteiger partial charge is 0.130 e. The predicted octanol–water partition coefficient (Wildman–Crippen LogP) is 4.56. The first kappa shape index (κ1) is 21.7. The van der Waals surface area contributed by atoms with Gasteiger partial charge in [-0.05, 0) is 68.2 Å². The molecule has 1 saturated carbocycles. The van der Waals surface area contributed by atoms with Gasteiger partial charge in [0.15, 0.2) is 0 Å². The number of ether oxygens (including phenoxy) is 1. The maximum absolute atomic E-state index is 5.83. The Morgan fingerprint density at radius 1 is 1.09 bits per heavy atom. The third-order valence-electron chi connectivity index (χ3n) is 6.92. The average molecular weight is 467 g/mol. The normalized spacial score (nSPS) is 17.6. The number of nitrogens with two attached hydrogens (primary N) is 1. The molecule has 0 radical (unpaired) electrons. The van der Waals surface area contributed by atoms with Crippen LogP contribution in [0.3, 0.4) is 0 Å². The Kier molecular flexibility index (Phi) is 5.41. The van der Waals surface area contributed by atoms with Crippen molar-refractivity contribution >= 4 is 33.9 Å². The number of nitrogens with one attached hydrogen (secondary N) is 1. The molecule has 7 nitrogen and oxygen atoms in total. The van der Waals surface area contributed by atoms with Crippen LogP contribution in [-0.2, 0) is 4.74 Å². The Morgan fingerprint density at radius 2 is 1.94 bits per heavy atom. The van der Waals surface area contributed by atoms with Crippen molar-refractivity contribution < 1.29 is 4.74 Å². The van der Waals surface area contributed by atoms with E-state index < -0.39 is 0 Å². The van der Waals surface area contributed by atoms with Crippen molar-refractivity contribution in [3.8, 4) is 0 Å². The van der Waals surface area contributed by atoms with Gasteiger partial charge in [-0.2, -0.15) is 0 Å². The van der Waals surface area contributed by atoms with Crippen LogP contribution >= 0.6 is 0 Å². The lowest BCUT2D eigenvalue weighted by Gasteiger charge is -2.43. The molecular weight excluding hydrogens is 436 g/mol. The Balaban J connectivity index is 1.25. The van der Waals surface area contributed by atoms with Crippen molar-refractivity contribution in [3.63, 3.8) is 0 Å². The molecule has 0 unspecified atom stereocenters. The second-order valence-corrected chi connectivity index (χ2v) is 9.74. The highest BCUT2D eigenvalue weighted by atomic mass is 16.5. The number of nitrogens with zero attached hydrogens (tertiary/aromatic N) is 4. The molecule has 1 saturated heterocycles. The molecule has 3 aromatic rings. The van der Waals surface area contributed by atoms with E-state index in [1.165, 1.54) is 5.57 Å². The number of anilines is 2. The molecule has 0 bridgehead atoms. The summed E-state index contributed by atoms with van der Waals surface area (Å²) in [5.41, 5.74) is 11.3. The van der Waals surface area contributed by atoms with E-state index >= 15 is 0 Å². The van der Waals surface area contributed by atoms with Gasteiger partial charge in [0, 0.05) is 65.9 Å². The molecule has 2 aromatic heterocycles. The summed E-state index contributed by atoms with van der Waals surface area (Å²) in [6, 6.07) is 13.3. The summed E-state index contributed by atoms with van der Waals surface area (Å²) in [5.74, 6) is 2.70. The van der Waals surface area contributed by atoms with Crippen molar-refractivity contribution in [2.24, 2.45) is 5.73 Å². The summed E-state index contributed by atoms with van der Waals surface area (Å²) in [6.07, 6.45) is 10.4. The van der Waals surface area contributed by atoms with Gasteiger partial charge in [0.05, 0.1) is 0 Å². The Bertz CT molecular complexity index is 1380. The molecule has 1 aliphatic carbocycles. The van der Waals surface area contributed by atoms with Crippen molar-refractivity contribution in [3.05, 3.63) is 83.5 Å². The summed E-state index contributed by atoms with van der Waals surface area (Å²) in [6.45, 7) is 2.03. The van der Waals surface area contributed by atoms with Crippen LogP contribution in [0.25, 0.3) is 22.2 Å². The van der Waals surface area contributed by atoms with Crippen molar-refractivity contribution in [1.82, 2.24) is 14.9 Å². The Labute approximate surface area is 205 Å². The standard InChI is InChI=1S/C28H30N6O/c1-33(2)24-15-34(16-24)27-13-20(9-10-30-27)28(18-3-4-18)32-26-12-22-11-19(5-6-21(22)14-31-26)25-8-7-23(29)17-35-25/h5-6,8-14,17,24H,3-4,7,15-16,29H2,1-2H3,(H,31,32). The average Bonchev–Trinajstić information content (AvgIpc) is 3.67. The number of benzene rings is 1. The maximum atomic E-state index is 5.83. The van der Waals surface area contributed by atoms with E-state index in [1.807, 2.05) is 18.5 Å². The molecule has 2 fully saturated rings. The lowest BCUT2D eigenvalue weighted by Crippen LogP contribution is -2.57. The fourth-order valence-electron chi connectivity index (χ4n) is 4.52. The van der Waals surface area contributed by atoms with Crippen molar-refractivity contribution in [1.29, 1.82) is 0 Å². The Hall–Kier alpha value is -3.84. The SMILES string of the molecule is CN(C)C1CN(c2cc(C(Nc3cc4cc(C5=CCC(N)=CO5)ccc4cn3)=C3CC3)ccn2)C1. The fourth-order valence-corrected chi connectivity index (χ4v) is 4.52. The molecule has 2 aliphatic heterocycles. The van der Waals surface area contributed by atoms with E-state index in [0.29, 0.717) is 12.5 Å². The van der Waals surface area contributed by atoms with E-state index in [4.69, 9.17) is 15.5 Å². The van der Waals surface area contributed by atoms with E-state index in [9.17, 15) is 0 Å². The van der Waals surface area contributed by atoms with Crippen LogP contribution in [0.2, 0.25) is 0 Å². The summed E-state index contributed by atoms with van der Waals surface area (Å²) in [5, 5.41) is 5.82. The number of rotatable bonds is 6. The quantitative estimate of drug-likeness (QED) is 0.551. The molecule has 178 valence electrons. The number of fused-ring (bicyclic) bond motifs is 1. The van der Waals surface area contributed by atoms with Crippen molar-refractivity contribution in [2.75, 3.05) is 37.4 Å². The van der Waals surface area contributed by atoms with E-state index in [2.05, 4.69) is 70.6 Å². The topological polar surface area (TPSA) is 79.5 Å². The summed E-state index contributed by atoms with van der Waals surface area (Å²) < 4.78 is 5.70. The van der Waals surface area contributed by atoms with Gasteiger partial charge in [0.1, 0.15) is 23.7 Å². The summed E-state index contributed by atoms with van der Waals surface area (Å²) >= 11 is 0.